The van der Waals surface area contributed by atoms with Crippen molar-refractivity contribution in [2.75, 3.05) is 6.61 Å². The van der Waals surface area contributed by atoms with E-state index in [1.807, 2.05) is 13.0 Å². The van der Waals surface area contributed by atoms with Crippen molar-refractivity contribution < 1.29 is 9.47 Å². The molecule has 0 amide bonds. The van der Waals surface area contributed by atoms with E-state index in [9.17, 15) is 0 Å². The molecule has 0 radical (unpaired) electrons. The van der Waals surface area contributed by atoms with Crippen LogP contribution in [-0.4, -0.2) is 18.0 Å². The Bertz CT molecular complexity index is 206. The zero-order valence-corrected chi connectivity index (χ0v) is 8.34. The second-order valence-electron chi connectivity index (χ2n) is 4.38. The Morgan fingerprint density at radius 3 is 2.46 bits per heavy atom. The van der Waals surface area contributed by atoms with Gasteiger partial charge < -0.3 is 9.47 Å². The Labute approximate surface area is 79.9 Å². The second kappa shape index (κ2) is 3.10. The number of hydrogen-bond donors (Lipinski definition) is 0. The van der Waals surface area contributed by atoms with Gasteiger partial charge in [0.1, 0.15) is 5.60 Å². The van der Waals surface area contributed by atoms with E-state index in [0.717, 1.165) is 12.8 Å². The van der Waals surface area contributed by atoms with Crippen molar-refractivity contribution in [3.8, 4) is 0 Å². The average molecular weight is 182 g/mol. The van der Waals surface area contributed by atoms with Crippen molar-refractivity contribution in [2.45, 2.75) is 50.4 Å². The van der Waals surface area contributed by atoms with Gasteiger partial charge in [-0.25, -0.2) is 0 Å². The van der Waals surface area contributed by atoms with Crippen LogP contribution in [0.1, 0.15) is 39.0 Å². The predicted molar refractivity (Wildman–Crippen MR) is 51.5 cm³/mol. The summed E-state index contributed by atoms with van der Waals surface area (Å²) < 4.78 is 11.8. The van der Waals surface area contributed by atoms with E-state index in [-0.39, 0.29) is 11.4 Å². The Kier molecular flexibility index (Phi) is 2.20. The number of ether oxygens (including phenoxy) is 2. The van der Waals surface area contributed by atoms with Crippen molar-refractivity contribution >= 4 is 0 Å². The van der Waals surface area contributed by atoms with Crippen LogP contribution >= 0.6 is 0 Å². The second-order valence-corrected chi connectivity index (χ2v) is 4.38. The van der Waals surface area contributed by atoms with Crippen LogP contribution in [0.3, 0.4) is 0 Å². The molecule has 2 fully saturated rings. The van der Waals surface area contributed by atoms with E-state index < -0.39 is 0 Å². The molecule has 1 heterocycles. The molecule has 0 N–H and O–H groups in total. The van der Waals surface area contributed by atoms with Gasteiger partial charge in [-0.1, -0.05) is 12.5 Å². The normalized spacial score (nSPS) is 37.9. The topological polar surface area (TPSA) is 18.5 Å². The van der Waals surface area contributed by atoms with Crippen molar-refractivity contribution in [1.29, 1.82) is 0 Å². The third-order valence-corrected chi connectivity index (χ3v) is 3.09. The molecule has 0 bridgehead atoms. The van der Waals surface area contributed by atoms with Crippen LogP contribution in [0.25, 0.3) is 0 Å². The molecule has 2 heteroatoms. The highest BCUT2D eigenvalue weighted by Crippen LogP contribution is 2.41. The first kappa shape index (κ1) is 9.22. The first-order valence-electron chi connectivity index (χ1n) is 5.16. The lowest BCUT2D eigenvalue weighted by Gasteiger charge is -2.33. The van der Waals surface area contributed by atoms with Gasteiger partial charge in [-0.3, -0.25) is 0 Å². The van der Waals surface area contributed by atoms with Crippen LogP contribution in [0, 0.1) is 0 Å². The monoisotopic (exact) mass is 182 g/mol. The van der Waals surface area contributed by atoms with Gasteiger partial charge in [-0.05, 0) is 19.8 Å². The van der Waals surface area contributed by atoms with Gasteiger partial charge in [0.05, 0.1) is 6.61 Å². The summed E-state index contributed by atoms with van der Waals surface area (Å²) in [7, 11) is 0. The first-order chi connectivity index (χ1) is 6.18. The molecular weight excluding hydrogens is 164 g/mol. The third-order valence-electron chi connectivity index (χ3n) is 3.09. The van der Waals surface area contributed by atoms with Crippen LogP contribution in [-0.2, 0) is 9.47 Å². The maximum Gasteiger partial charge on any atom is 0.169 e. The Balaban J connectivity index is 2.06. The summed E-state index contributed by atoms with van der Waals surface area (Å²) >= 11 is 0. The van der Waals surface area contributed by atoms with E-state index in [2.05, 4.69) is 6.58 Å². The van der Waals surface area contributed by atoms with Crippen molar-refractivity contribution in [3.63, 3.8) is 0 Å². The minimum absolute atomic E-state index is 0.253. The van der Waals surface area contributed by atoms with E-state index in [4.69, 9.17) is 9.47 Å². The molecule has 1 atom stereocenters. The third kappa shape index (κ3) is 1.65. The van der Waals surface area contributed by atoms with Gasteiger partial charge in [0.25, 0.3) is 0 Å². The summed E-state index contributed by atoms with van der Waals surface area (Å²) in [5.41, 5.74) is -0.253. The molecule has 1 unspecified atom stereocenters. The van der Waals surface area contributed by atoms with Crippen LogP contribution in [0.4, 0.5) is 0 Å². The van der Waals surface area contributed by atoms with Crippen molar-refractivity contribution in [2.24, 2.45) is 0 Å². The minimum atomic E-state index is -0.263. The molecule has 0 aromatic heterocycles. The van der Waals surface area contributed by atoms with Gasteiger partial charge in [-0.15, -0.1) is 6.58 Å². The quantitative estimate of drug-likeness (QED) is 0.580. The first-order valence-corrected chi connectivity index (χ1v) is 5.16. The fourth-order valence-corrected chi connectivity index (χ4v) is 2.20. The van der Waals surface area contributed by atoms with E-state index in [1.54, 1.807) is 0 Å². The van der Waals surface area contributed by atoms with Gasteiger partial charge >= 0.3 is 0 Å². The zero-order valence-electron chi connectivity index (χ0n) is 8.34. The molecule has 2 rings (SSSR count). The number of hydrogen-bond acceptors (Lipinski definition) is 2. The van der Waals surface area contributed by atoms with E-state index >= 15 is 0 Å². The van der Waals surface area contributed by atoms with E-state index in [0.29, 0.717) is 6.61 Å². The molecule has 0 aromatic rings. The summed E-state index contributed by atoms with van der Waals surface area (Å²) in [6.07, 6.45) is 7.74. The van der Waals surface area contributed by atoms with Gasteiger partial charge in [-0.2, -0.15) is 0 Å². The van der Waals surface area contributed by atoms with Gasteiger partial charge in [0.15, 0.2) is 5.79 Å². The fourth-order valence-electron chi connectivity index (χ4n) is 2.20. The summed E-state index contributed by atoms with van der Waals surface area (Å²) in [6, 6.07) is 0. The lowest BCUT2D eigenvalue weighted by Crippen LogP contribution is -2.35. The lowest BCUT2D eigenvalue weighted by molar-refractivity contribution is -0.195. The molecule has 1 saturated heterocycles. The zero-order chi connectivity index (χ0) is 9.36. The summed E-state index contributed by atoms with van der Waals surface area (Å²) in [6.45, 7) is 6.50. The molecule has 0 aromatic carbocycles. The molecule has 1 aliphatic heterocycles. The standard InChI is InChI=1S/C11H18O2/c1-3-10(2)9-12-11(13-10)7-5-4-6-8-11/h3H,1,4-9H2,2H3. The summed E-state index contributed by atoms with van der Waals surface area (Å²) in [5, 5.41) is 0. The average Bonchev–Trinajstić information content (AvgIpc) is 2.47. The van der Waals surface area contributed by atoms with Crippen LogP contribution < -0.4 is 0 Å². The summed E-state index contributed by atoms with van der Waals surface area (Å²) in [4.78, 5) is 0. The van der Waals surface area contributed by atoms with E-state index in [1.165, 1.54) is 19.3 Å². The highest BCUT2D eigenvalue weighted by atomic mass is 16.8. The molecular formula is C11H18O2. The maximum atomic E-state index is 5.99. The Hall–Kier alpha value is -0.340. The van der Waals surface area contributed by atoms with Crippen molar-refractivity contribution in [1.82, 2.24) is 0 Å². The van der Waals surface area contributed by atoms with Crippen LogP contribution in [0.5, 0.6) is 0 Å². The molecule has 1 spiro atoms. The molecule has 1 saturated carbocycles. The summed E-state index contributed by atoms with van der Waals surface area (Å²) in [5.74, 6) is -0.263. The fraction of sp³-hybridized carbons (Fsp3) is 0.818. The van der Waals surface area contributed by atoms with Gasteiger partial charge in [0, 0.05) is 12.8 Å². The van der Waals surface area contributed by atoms with Crippen LogP contribution in [0.2, 0.25) is 0 Å². The van der Waals surface area contributed by atoms with Crippen molar-refractivity contribution in [3.05, 3.63) is 12.7 Å². The SMILES string of the molecule is C=CC1(C)COC2(CCCCC2)O1. The smallest absolute Gasteiger partial charge is 0.169 e. The Morgan fingerprint density at radius 2 is 1.92 bits per heavy atom. The largest absolute Gasteiger partial charge is 0.347 e. The molecule has 74 valence electrons. The highest BCUT2D eigenvalue weighted by Gasteiger charge is 2.46. The predicted octanol–water partition coefficient (Wildman–Crippen LogP) is 2.64. The molecule has 2 nitrogen and oxygen atoms in total. The van der Waals surface area contributed by atoms with Gasteiger partial charge in [0.2, 0.25) is 0 Å². The molecule has 2 aliphatic rings. The maximum absolute atomic E-state index is 5.99. The highest BCUT2D eigenvalue weighted by molar-refractivity contribution is 5.00. The number of rotatable bonds is 1. The molecule has 13 heavy (non-hydrogen) atoms. The minimum Gasteiger partial charge on any atom is -0.347 e. The Morgan fingerprint density at radius 1 is 1.23 bits per heavy atom. The lowest BCUT2D eigenvalue weighted by atomic mass is 9.94. The molecule has 1 aliphatic carbocycles. The van der Waals surface area contributed by atoms with Crippen LogP contribution in [0.15, 0.2) is 12.7 Å².